The molecule has 7 heteroatoms. The predicted molar refractivity (Wildman–Crippen MR) is 104 cm³/mol. The molecule has 0 saturated carbocycles. The fraction of sp³-hybridized carbons (Fsp3) is 0.278. The first-order chi connectivity index (χ1) is 12.2. The van der Waals surface area contributed by atoms with E-state index in [0.717, 1.165) is 22.8 Å². The van der Waals surface area contributed by atoms with Gasteiger partial charge in [-0.3, -0.25) is 9.89 Å². The summed E-state index contributed by atoms with van der Waals surface area (Å²) in [5.41, 5.74) is 2.05. The lowest BCUT2D eigenvalue weighted by atomic mass is 9.97. The van der Waals surface area contributed by atoms with Crippen LogP contribution in [0.15, 0.2) is 46.9 Å². The monoisotopic (exact) mass is 372 g/mol. The molecule has 0 fully saturated rings. The molecule has 3 rings (SSSR count). The summed E-state index contributed by atoms with van der Waals surface area (Å²) in [7, 11) is 0. The molecule has 5 nitrogen and oxygen atoms in total. The Morgan fingerprint density at radius 2 is 2.16 bits per heavy atom. The number of hydrogen-bond donors (Lipinski definition) is 2. The number of hydrogen-bond acceptors (Lipinski definition) is 5. The summed E-state index contributed by atoms with van der Waals surface area (Å²) in [6, 6.07) is 11.9. The van der Waals surface area contributed by atoms with Gasteiger partial charge in [-0.15, -0.1) is 16.4 Å². The Morgan fingerprint density at radius 3 is 2.92 bits per heavy atom. The summed E-state index contributed by atoms with van der Waals surface area (Å²) >= 11 is 2.92. The Kier molecular flexibility index (Phi) is 5.88. The molecule has 1 amide bonds. The molecule has 0 spiro atoms. The SMILES string of the molecule is CC[C@@H](C)c1ccccc1NC(=O)CSc1n[nH]c(-c2cccs2)n1. The third-order valence-corrected chi connectivity index (χ3v) is 5.65. The molecule has 0 aliphatic carbocycles. The maximum atomic E-state index is 12.3. The highest BCUT2D eigenvalue weighted by Gasteiger charge is 2.13. The fourth-order valence-electron chi connectivity index (χ4n) is 2.41. The Hall–Kier alpha value is -2.12. The van der Waals surface area contributed by atoms with Gasteiger partial charge in [0.25, 0.3) is 0 Å². The number of anilines is 1. The first-order valence-electron chi connectivity index (χ1n) is 8.15. The third-order valence-electron chi connectivity index (χ3n) is 3.93. The number of thiophene rings is 1. The Morgan fingerprint density at radius 1 is 1.32 bits per heavy atom. The van der Waals surface area contributed by atoms with Gasteiger partial charge in [-0.2, -0.15) is 0 Å². The second-order valence-corrected chi connectivity index (χ2v) is 7.57. The number of rotatable bonds is 7. The highest BCUT2D eigenvalue weighted by molar-refractivity contribution is 7.99. The largest absolute Gasteiger partial charge is 0.325 e. The van der Waals surface area contributed by atoms with E-state index < -0.39 is 0 Å². The number of benzene rings is 1. The molecule has 1 aromatic carbocycles. The number of aromatic nitrogens is 3. The van der Waals surface area contributed by atoms with Crippen molar-refractivity contribution in [2.24, 2.45) is 0 Å². The molecule has 130 valence electrons. The molecule has 0 saturated heterocycles. The number of amides is 1. The zero-order valence-electron chi connectivity index (χ0n) is 14.2. The summed E-state index contributed by atoms with van der Waals surface area (Å²) < 4.78 is 0. The van der Waals surface area contributed by atoms with Crippen LogP contribution < -0.4 is 5.32 Å². The highest BCUT2D eigenvalue weighted by Crippen LogP contribution is 2.27. The average Bonchev–Trinajstić information content (AvgIpc) is 3.31. The van der Waals surface area contributed by atoms with Gasteiger partial charge in [-0.25, -0.2) is 4.98 Å². The van der Waals surface area contributed by atoms with Crippen molar-refractivity contribution in [1.29, 1.82) is 0 Å². The maximum absolute atomic E-state index is 12.3. The van der Waals surface area contributed by atoms with Gasteiger partial charge in [-0.05, 0) is 35.4 Å². The van der Waals surface area contributed by atoms with E-state index in [9.17, 15) is 4.79 Å². The molecular weight excluding hydrogens is 352 g/mol. The third kappa shape index (κ3) is 4.49. The number of aromatic amines is 1. The number of para-hydroxylation sites is 1. The van der Waals surface area contributed by atoms with Crippen LogP contribution in [0.2, 0.25) is 0 Å². The summed E-state index contributed by atoms with van der Waals surface area (Å²) in [6.07, 6.45) is 1.03. The van der Waals surface area contributed by atoms with Gasteiger partial charge in [0.15, 0.2) is 5.82 Å². The van der Waals surface area contributed by atoms with Crippen molar-refractivity contribution >= 4 is 34.7 Å². The van der Waals surface area contributed by atoms with Gasteiger partial charge < -0.3 is 5.32 Å². The van der Waals surface area contributed by atoms with Crippen molar-refractivity contribution in [1.82, 2.24) is 15.2 Å². The second-order valence-electron chi connectivity index (χ2n) is 5.68. The quantitative estimate of drug-likeness (QED) is 0.586. The molecule has 3 aromatic rings. The van der Waals surface area contributed by atoms with E-state index in [2.05, 4.69) is 40.4 Å². The molecule has 0 aliphatic rings. The number of nitrogens with one attached hydrogen (secondary N) is 2. The molecular formula is C18H20N4OS2. The van der Waals surface area contributed by atoms with Crippen LogP contribution in [0.5, 0.6) is 0 Å². The average molecular weight is 373 g/mol. The van der Waals surface area contributed by atoms with Crippen LogP contribution in [-0.2, 0) is 4.79 Å². The highest BCUT2D eigenvalue weighted by atomic mass is 32.2. The molecule has 0 bridgehead atoms. The zero-order valence-corrected chi connectivity index (χ0v) is 15.8. The van der Waals surface area contributed by atoms with Crippen molar-refractivity contribution in [2.45, 2.75) is 31.3 Å². The number of carbonyl (C=O) groups is 1. The number of H-pyrrole nitrogens is 1. The predicted octanol–water partition coefficient (Wildman–Crippen LogP) is 4.78. The molecule has 1 atom stereocenters. The number of carbonyl (C=O) groups excluding carboxylic acids is 1. The lowest BCUT2D eigenvalue weighted by molar-refractivity contribution is -0.113. The van der Waals surface area contributed by atoms with Crippen molar-refractivity contribution < 1.29 is 4.79 Å². The van der Waals surface area contributed by atoms with Crippen molar-refractivity contribution in [3.8, 4) is 10.7 Å². The van der Waals surface area contributed by atoms with Gasteiger partial charge >= 0.3 is 0 Å². The lowest BCUT2D eigenvalue weighted by Gasteiger charge is -2.15. The molecule has 2 heterocycles. The summed E-state index contributed by atoms with van der Waals surface area (Å²) in [6.45, 7) is 4.31. The smallest absolute Gasteiger partial charge is 0.234 e. The Balaban J connectivity index is 1.59. The van der Waals surface area contributed by atoms with E-state index in [4.69, 9.17) is 0 Å². The lowest BCUT2D eigenvalue weighted by Crippen LogP contribution is -2.16. The first-order valence-corrected chi connectivity index (χ1v) is 10.0. The van der Waals surface area contributed by atoms with Crippen LogP contribution in [-0.4, -0.2) is 26.8 Å². The van der Waals surface area contributed by atoms with Gasteiger partial charge in [0.2, 0.25) is 11.1 Å². The minimum atomic E-state index is -0.0526. The minimum absolute atomic E-state index is 0.0526. The molecule has 2 aromatic heterocycles. The van der Waals surface area contributed by atoms with E-state index in [1.54, 1.807) is 11.3 Å². The van der Waals surface area contributed by atoms with E-state index in [1.165, 1.54) is 17.3 Å². The van der Waals surface area contributed by atoms with Gasteiger partial charge in [0, 0.05) is 5.69 Å². The standard InChI is InChI=1S/C18H20N4OS2/c1-3-12(2)13-7-4-5-8-14(13)19-16(23)11-25-18-20-17(21-22-18)15-9-6-10-24-15/h4-10,12H,3,11H2,1-2H3,(H,19,23)(H,20,21,22)/t12-/m1/s1. The van der Waals surface area contributed by atoms with Crippen LogP contribution >= 0.6 is 23.1 Å². The Bertz CT molecular complexity index is 829. The molecule has 0 aliphatic heterocycles. The fourth-order valence-corrected chi connectivity index (χ4v) is 3.67. The summed E-state index contributed by atoms with van der Waals surface area (Å²) in [4.78, 5) is 17.7. The van der Waals surface area contributed by atoms with Gasteiger partial charge in [0.1, 0.15) is 0 Å². The normalized spacial score (nSPS) is 12.1. The Labute approximate surface area is 155 Å². The summed E-state index contributed by atoms with van der Waals surface area (Å²) in [5.74, 6) is 1.37. The van der Waals surface area contributed by atoms with Crippen LogP contribution in [0, 0.1) is 0 Å². The van der Waals surface area contributed by atoms with Crippen molar-refractivity contribution in [3.63, 3.8) is 0 Å². The van der Waals surface area contributed by atoms with Gasteiger partial charge in [-0.1, -0.05) is 49.9 Å². The topological polar surface area (TPSA) is 70.7 Å². The summed E-state index contributed by atoms with van der Waals surface area (Å²) in [5, 5.41) is 12.7. The van der Waals surface area contributed by atoms with Crippen LogP contribution in [0.25, 0.3) is 10.7 Å². The second kappa shape index (κ2) is 8.31. The van der Waals surface area contributed by atoms with E-state index in [0.29, 0.717) is 11.1 Å². The van der Waals surface area contributed by atoms with Crippen LogP contribution in [0.3, 0.4) is 0 Å². The van der Waals surface area contributed by atoms with Gasteiger partial charge in [0.05, 0.1) is 10.6 Å². The van der Waals surface area contributed by atoms with E-state index >= 15 is 0 Å². The minimum Gasteiger partial charge on any atom is -0.325 e. The van der Waals surface area contributed by atoms with Crippen LogP contribution in [0.1, 0.15) is 31.7 Å². The zero-order chi connectivity index (χ0) is 17.6. The first kappa shape index (κ1) is 17.7. The van der Waals surface area contributed by atoms with Crippen molar-refractivity contribution in [3.05, 3.63) is 47.3 Å². The van der Waals surface area contributed by atoms with E-state index in [-0.39, 0.29) is 11.7 Å². The molecule has 0 unspecified atom stereocenters. The van der Waals surface area contributed by atoms with Crippen molar-refractivity contribution in [2.75, 3.05) is 11.1 Å². The number of thioether (sulfide) groups is 1. The molecule has 25 heavy (non-hydrogen) atoms. The van der Waals surface area contributed by atoms with Crippen LogP contribution in [0.4, 0.5) is 5.69 Å². The molecule has 0 radical (unpaired) electrons. The maximum Gasteiger partial charge on any atom is 0.234 e. The van der Waals surface area contributed by atoms with E-state index in [1.807, 2.05) is 35.7 Å². The molecule has 2 N–H and O–H groups in total. The number of nitrogens with zero attached hydrogens (tertiary/aromatic N) is 2.